The second kappa shape index (κ2) is 3.21. The van der Waals surface area contributed by atoms with Crippen LogP contribution in [0.3, 0.4) is 0 Å². The van der Waals surface area contributed by atoms with E-state index in [9.17, 15) is 0 Å². The number of aliphatic hydroxyl groups is 1. The highest BCUT2D eigenvalue weighted by molar-refractivity contribution is 6.13. The van der Waals surface area contributed by atoms with Gasteiger partial charge in [0.1, 0.15) is 6.73 Å². The first kappa shape index (κ1) is 4.21. The average molecular weight is 81.5 g/mol. The van der Waals surface area contributed by atoms with Crippen molar-refractivity contribution in [2.75, 3.05) is 6.73 Å². The lowest BCUT2D eigenvalue weighted by atomic mass is 11.4. The van der Waals surface area contributed by atoms with Crippen molar-refractivity contribution in [3.63, 3.8) is 0 Å². The molecule has 0 unspecified atom stereocenters. The number of nitrogens with one attached hydrogen (secondary N) is 1. The van der Waals surface area contributed by atoms with E-state index in [2.05, 4.69) is 11.8 Å². The van der Waals surface area contributed by atoms with Crippen molar-refractivity contribution >= 4 is 11.8 Å². The summed E-state index contributed by atoms with van der Waals surface area (Å²) in [6.45, 7) is -0.165. The molecule has 0 aromatic heterocycles. The van der Waals surface area contributed by atoms with Crippen LogP contribution >= 0.6 is 11.8 Å². The molecule has 0 heterocycles. The fourth-order valence-electron chi connectivity index (χ4n) is 0. The molecule has 0 atom stereocenters. The van der Waals surface area contributed by atoms with Crippen LogP contribution in [0.1, 0.15) is 0 Å². The van der Waals surface area contributed by atoms with Gasteiger partial charge in [-0.05, 0) is 11.8 Å². The summed E-state index contributed by atoms with van der Waals surface area (Å²) < 4.78 is 0. The van der Waals surface area contributed by atoms with E-state index in [0.29, 0.717) is 0 Å². The van der Waals surface area contributed by atoms with Crippen LogP contribution in [0.2, 0.25) is 0 Å². The third-order valence-corrected chi connectivity index (χ3v) is 0.179. The summed E-state index contributed by atoms with van der Waals surface area (Å²) in [5.41, 5.74) is 0. The maximum atomic E-state index is 7.63. The zero-order chi connectivity index (χ0) is 3.41. The lowest BCUT2D eigenvalue weighted by Crippen LogP contribution is -1.96. The van der Waals surface area contributed by atoms with Gasteiger partial charge in [-0.15, -0.1) is 0 Å². The minimum atomic E-state index is -0.165. The van der Waals surface area contributed by atoms with Gasteiger partial charge in [-0.2, -0.15) is 0 Å². The second-order valence-electron chi connectivity index (χ2n) is 0.292. The zero-order valence-corrected chi connectivity index (χ0v) is 2.79. The third kappa shape index (κ3) is 2.21. The molecular formula is CH4ClNO. The summed E-state index contributed by atoms with van der Waals surface area (Å²) in [4.78, 5) is 1.96. The first-order valence-electron chi connectivity index (χ1n) is 0.859. The highest BCUT2D eigenvalue weighted by Crippen LogP contribution is 1.47. The van der Waals surface area contributed by atoms with Crippen molar-refractivity contribution < 1.29 is 5.11 Å². The van der Waals surface area contributed by atoms with Gasteiger partial charge < -0.3 is 5.11 Å². The number of halogens is 1. The Hall–Kier alpha value is 0.210. The summed E-state index contributed by atoms with van der Waals surface area (Å²) >= 11 is 4.69. The van der Waals surface area contributed by atoms with Gasteiger partial charge in [-0.1, -0.05) is 0 Å². The standard InChI is InChI=1S/CH4ClNO/c2-3-1-4/h3-4H,1H2. The van der Waals surface area contributed by atoms with E-state index in [4.69, 9.17) is 5.11 Å². The van der Waals surface area contributed by atoms with Crippen LogP contribution in [0, 0.1) is 0 Å². The van der Waals surface area contributed by atoms with E-state index in [1.165, 1.54) is 0 Å². The molecule has 0 spiro atoms. The molecule has 0 aliphatic rings. The smallest absolute Gasteiger partial charge is 0.106 e. The summed E-state index contributed by atoms with van der Waals surface area (Å²) in [6, 6.07) is 0. The lowest BCUT2D eigenvalue weighted by Gasteiger charge is -1.72. The van der Waals surface area contributed by atoms with Gasteiger partial charge in [0, 0.05) is 0 Å². The van der Waals surface area contributed by atoms with Crippen LogP contribution in [0.25, 0.3) is 0 Å². The van der Waals surface area contributed by atoms with E-state index in [1.54, 1.807) is 0 Å². The summed E-state index contributed by atoms with van der Waals surface area (Å²) in [5.74, 6) is 0. The molecular weight excluding hydrogens is 77.5 g/mol. The van der Waals surface area contributed by atoms with Crippen LogP contribution in [-0.4, -0.2) is 11.8 Å². The van der Waals surface area contributed by atoms with Crippen molar-refractivity contribution in [3.8, 4) is 0 Å². The normalized spacial score (nSPS) is 7.50. The van der Waals surface area contributed by atoms with Crippen molar-refractivity contribution in [1.29, 1.82) is 0 Å². The number of aliphatic hydroxyl groups excluding tert-OH is 1. The number of rotatable bonds is 1. The largest absolute Gasteiger partial charge is 0.380 e. The minimum Gasteiger partial charge on any atom is -0.380 e. The van der Waals surface area contributed by atoms with E-state index in [1.807, 2.05) is 4.84 Å². The molecule has 0 amide bonds. The van der Waals surface area contributed by atoms with Gasteiger partial charge in [0.2, 0.25) is 0 Å². The Morgan fingerprint density at radius 1 is 2.00 bits per heavy atom. The van der Waals surface area contributed by atoms with E-state index >= 15 is 0 Å². The molecule has 0 aromatic carbocycles. The van der Waals surface area contributed by atoms with Gasteiger partial charge in [-0.3, -0.25) is 0 Å². The van der Waals surface area contributed by atoms with Crippen LogP contribution in [0.15, 0.2) is 0 Å². The Bertz CT molecular complexity index is 10.0. The molecule has 0 aromatic rings. The first-order chi connectivity index (χ1) is 1.91. The molecule has 0 radical (unpaired) electrons. The van der Waals surface area contributed by atoms with Crippen molar-refractivity contribution in [2.24, 2.45) is 0 Å². The molecule has 4 heavy (non-hydrogen) atoms. The molecule has 0 saturated heterocycles. The van der Waals surface area contributed by atoms with Crippen molar-refractivity contribution in [2.45, 2.75) is 0 Å². The SMILES string of the molecule is OCNCl. The van der Waals surface area contributed by atoms with Crippen LogP contribution < -0.4 is 4.84 Å². The zero-order valence-electron chi connectivity index (χ0n) is 2.03. The highest BCUT2D eigenvalue weighted by Gasteiger charge is 1.54. The predicted octanol–water partition coefficient (Wildman–Crippen LogP) is -0.320. The molecule has 2 N–H and O–H groups in total. The van der Waals surface area contributed by atoms with Gasteiger partial charge in [-0.25, -0.2) is 4.84 Å². The molecule has 3 heteroatoms. The maximum absolute atomic E-state index is 7.63. The van der Waals surface area contributed by atoms with Crippen molar-refractivity contribution in [3.05, 3.63) is 0 Å². The summed E-state index contributed by atoms with van der Waals surface area (Å²) in [5, 5.41) is 7.63. The Morgan fingerprint density at radius 3 is 2.25 bits per heavy atom. The van der Waals surface area contributed by atoms with Crippen LogP contribution in [0.4, 0.5) is 0 Å². The Kier molecular flexibility index (Phi) is 3.38. The van der Waals surface area contributed by atoms with Gasteiger partial charge in [0.05, 0.1) is 0 Å². The van der Waals surface area contributed by atoms with Crippen molar-refractivity contribution in [1.82, 2.24) is 4.84 Å². The van der Waals surface area contributed by atoms with E-state index < -0.39 is 0 Å². The van der Waals surface area contributed by atoms with Crippen LogP contribution in [0.5, 0.6) is 0 Å². The van der Waals surface area contributed by atoms with E-state index in [0.717, 1.165) is 0 Å². The Balaban J connectivity index is 1.97. The predicted molar refractivity (Wildman–Crippen MR) is 16.1 cm³/mol. The van der Waals surface area contributed by atoms with Gasteiger partial charge >= 0.3 is 0 Å². The quantitative estimate of drug-likeness (QED) is 0.335. The highest BCUT2D eigenvalue weighted by atomic mass is 35.5. The second-order valence-corrected chi connectivity index (χ2v) is 0.559. The van der Waals surface area contributed by atoms with Gasteiger partial charge in [0.25, 0.3) is 0 Å². The molecule has 2 nitrogen and oxygen atoms in total. The molecule has 0 aliphatic carbocycles. The molecule has 0 aliphatic heterocycles. The molecule has 0 bridgehead atoms. The fourth-order valence-corrected chi connectivity index (χ4v) is 0. The van der Waals surface area contributed by atoms with Gasteiger partial charge in [0.15, 0.2) is 0 Å². The average Bonchev–Trinajstić information content (AvgIpc) is 1.37. The monoisotopic (exact) mass is 81.0 g/mol. The number of hydrogen-bond donors (Lipinski definition) is 2. The number of hydrogen-bond acceptors (Lipinski definition) is 2. The molecule has 0 saturated carbocycles. The third-order valence-electron chi connectivity index (χ3n) is 0.0598. The summed E-state index contributed by atoms with van der Waals surface area (Å²) in [6.07, 6.45) is 0. The minimum absolute atomic E-state index is 0.165. The van der Waals surface area contributed by atoms with Crippen LogP contribution in [-0.2, 0) is 0 Å². The molecule has 26 valence electrons. The molecule has 0 rings (SSSR count). The lowest BCUT2D eigenvalue weighted by molar-refractivity contribution is 0.291. The Morgan fingerprint density at radius 2 is 2.25 bits per heavy atom. The Labute approximate surface area is 29.5 Å². The maximum Gasteiger partial charge on any atom is 0.106 e. The topological polar surface area (TPSA) is 32.3 Å². The summed E-state index contributed by atoms with van der Waals surface area (Å²) in [7, 11) is 0. The van der Waals surface area contributed by atoms with E-state index in [-0.39, 0.29) is 6.73 Å². The molecule has 0 fully saturated rings. The fraction of sp³-hybridized carbons (Fsp3) is 1.00. The first-order valence-corrected chi connectivity index (χ1v) is 1.24.